The van der Waals surface area contributed by atoms with E-state index in [1.54, 1.807) is 43.3 Å². The van der Waals surface area contributed by atoms with Crippen molar-refractivity contribution in [3.63, 3.8) is 0 Å². The van der Waals surface area contributed by atoms with Crippen LogP contribution in [0.1, 0.15) is 64.9 Å². The lowest BCUT2D eigenvalue weighted by molar-refractivity contribution is -0.143. The second-order valence-electron chi connectivity index (χ2n) is 11.1. The number of likely N-dealkylation sites (tertiary alicyclic amines) is 1. The molecule has 8 nitrogen and oxygen atoms in total. The van der Waals surface area contributed by atoms with Gasteiger partial charge in [-0.05, 0) is 73.6 Å². The maximum absolute atomic E-state index is 14.1. The van der Waals surface area contributed by atoms with E-state index in [4.69, 9.17) is 23.2 Å². The number of rotatable bonds is 12. The van der Waals surface area contributed by atoms with Crippen LogP contribution < -0.4 is 10.6 Å². The summed E-state index contributed by atoms with van der Waals surface area (Å²) in [4.78, 5) is 55.4. The van der Waals surface area contributed by atoms with Gasteiger partial charge >= 0.3 is 0 Å². The van der Waals surface area contributed by atoms with E-state index in [1.165, 1.54) is 4.90 Å². The number of hydrogen-bond donors (Lipinski definition) is 2. The van der Waals surface area contributed by atoms with Crippen LogP contribution in [0.25, 0.3) is 0 Å². The average Bonchev–Trinajstić information content (AvgIpc) is 3.66. The Morgan fingerprint density at radius 3 is 2.31 bits per heavy atom. The highest BCUT2D eigenvalue weighted by atomic mass is 35.5. The van der Waals surface area contributed by atoms with Gasteiger partial charge in [0.15, 0.2) is 4.90 Å². The minimum atomic E-state index is -1.59. The number of halogens is 2. The number of benzene rings is 2. The van der Waals surface area contributed by atoms with E-state index >= 15 is 0 Å². The standard InChI is InChI=1S/C31H37Cl2N3O5S/c1-4-8-19(3)34-29(39)27(37)24(5-2)35-28(38)25-17-22(42(41)26-10-7-6-9-23(26)33)18-36(25)30(40)31(15-16-31)20-11-13-21(32)14-12-20/h6-7,9-14,19,22,24-25H,4-5,8,15-18H2,1-3H3,(H,34,39)(H,35,38)/t19?,22-,24+,25+,42?/m1/s1. The van der Waals surface area contributed by atoms with Gasteiger partial charge in [0.05, 0.1) is 23.0 Å². The zero-order valence-corrected chi connectivity index (χ0v) is 26.4. The molecule has 1 saturated heterocycles. The van der Waals surface area contributed by atoms with Gasteiger partial charge in [0.1, 0.15) is 11.3 Å². The first-order valence-corrected chi connectivity index (χ1v) is 16.4. The highest BCUT2D eigenvalue weighted by Gasteiger charge is 2.57. The fourth-order valence-corrected chi connectivity index (χ4v) is 7.56. The summed E-state index contributed by atoms with van der Waals surface area (Å²) in [5, 5.41) is 5.77. The van der Waals surface area contributed by atoms with Crippen molar-refractivity contribution in [1.29, 1.82) is 0 Å². The van der Waals surface area contributed by atoms with E-state index in [-0.39, 0.29) is 31.3 Å². The number of amides is 3. The molecule has 2 N–H and O–H groups in total. The van der Waals surface area contributed by atoms with Crippen molar-refractivity contribution >= 4 is 57.9 Å². The molecule has 4 rings (SSSR count). The summed E-state index contributed by atoms with van der Waals surface area (Å²) < 4.78 is 13.6. The summed E-state index contributed by atoms with van der Waals surface area (Å²) in [6, 6.07) is 11.7. The van der Waals surface area contributed by atoms with E-state index in [2.05, 4.69) is 10.6 Å². The molecule has 11 heteroatoms. The topological polar surface area (TPSA) is 119 Å². The van der Waals surface area contributed by atoms with Crippen molar-refractivity contribution in [3.8, 4) is 0 Å². The maximum atomic E-state index is 14.1. The molecule has 5 atom stereocenters. The van der Waals surface area contributed by atoms with Gasteiger partial charge < -0.3 is 20.1 Å². The normalized spacial score (nSPS) is 21.2. The lowest BCUT2D eigenvalue weighted by Gasteiger charge is -2.29. The van der Waals surface area contributed by atoms with Gasteiger partial charge in [-0.25, -0.2) is 0 Å². The number of Topliss-reactive ketones (excluding diaryl/α,β-unsaturated/α-hetero) is 1. The first-order valence-electron chi connectivity index (χ1n) is 14.4. The molecule has 2 aliphatic rings. The molecule has 0 bridgehead atoms. The van der Waals surface area contributed by atoms with Crippen molar-refractivity contribution in [2.45, 2.75) is 93.0 Å². The molecule has 0 aromatic heterocycles. The van der Waals surface area contributed by atoms with Crippen LogP contribution in [0.4, 0.5) is 0 Å². The Labute approximate surface area is 260 Å². The van der Waals surface area contributed by atoms with E-state index < -0.39 is 51.5 Å². The number of carbonyl (C=O) groups is 4. The zero-order chi connectivity index (χ0) is 30.6. The van der Waals surface area contributed by atoms with Gasteiger partial charge in [-0.1, -0.05) is 67.7 Å². The van der Waals surface area contributed by atoms with Crippen LogP contribution in [-0.4, -0.2) is 62.9 Å². The summed E-state index contributed by atoms with van der Waals surface area (Å²) in [7, 11) is 0. The molecule has 0 radical (unpaired) electrons. The molecule has 2 aromatic carbocycles. The third-order valence-electron chi connectivity index (χ3n) is 8.10. The van der Waals surface area contributed by atoms with Gasteiger partial charge in [-0.15, -0.1) is 0 Å². The number of nitrogens with one attached hydrogen (secondary N) is 2. The predicted octanol–water partition coefficient (Wildman–Crippen LogP) is 4.57. The molecule has 2 unspecified atom stereocenters. The first kappa shape index (κ1) is 32.3. The van der Waals surface area contributed by atoms with Crippen LogP contribution in [-0.2, 0) is 35.8 Å². The smallest absolute Gasteiger partial charge is 0.289 e. The lowest BCUT2D eigenvalue weighted by Crippen LogP contribution is -2.54. The molecule has 0 spiro atoms. The van der Waals surface area contributed by atoms with Crippen LogP contribution in [0.3, 0.4) is 0 Å². The molecule has 226 valence electrons. The summed E-state index contributed by atoms with van der Waals surface area (Å²) >= 11 is 10.8. The molecule has 1 heterocycles. The summed E-state index contributed by atoms with van der Waals surface area (Å²) in [6.07, 6.45) is 3.12. The highest BCUT2D eigenvalue weighted by molar-refractivity contribution is 7.92. The Bertz CT molecular complexity index is 1320. The van der Waals surface area contributed by atoms with Gasteiger partial charge in [-0.3, -0.25) is 19.2 Å². The molecule has 1 aliphatic heterocycles. The summed E-state index contributed by atoms with van der Waals surface area (Å²) in [6.45, 7) is 5.60. The molecule has 1 saturated carbocycles. The molecule has 2 aromatic rings. The first-order chi connectivity index (χ1) is 20.0. The summed E-state index contributed by atoms with van der Waals surface area (Å²) in [5.74, 6) is -2.27. The van der Waals surface area contributed by atoms with E-state index in [9.17, 15) is 23.7 Å². The molecule has 1 aliphatic carbocycles. The Hall–Kier alpha value is -2.59. The van der Waals surface area contributed by atoms with Crippen LogP contribution in [0.2, 0.25) is 10.0 Å². The van der Waals surface area contributed by atoms with Crippen molar-refractivity contribution in [1.82, 2.24) is 15.5 Å². The number of nitrogens with zero attached hydrogens (tertiary/aromatic N) is 1. The van der Waals surface area contributed by atoms with E-state index in [0.717, 1.165) is 18.4 Å². The number of hydrogen-bond acceptors (Lipinski definition) is 5. The second kappa shape index (κ2) is 13.8. The maximum Gasteiger partial charge on any atom is 0.289 e. The van der Waals surface area contributed by atoms with Gasteiger partial charge in [0.25, 0.3) is 5.91 Å². The number of ketones is 1. The molecule has 3 amide bonds. The fraction of sp³-hybridized carbons (Fsp3) is 0.484. The Balaban J connectivity index is 1.58. The molecule has 2 fully saturated rings. The zero-order valence-electron chi connectivity index (χ0n) is 24.0. The molecular formula is C31H37Cl2N3O5S. The van der Waals surface area contributed by atoms with Crippen LogP contribution >= 0.6 is 23.2 Å². The third kappa shape index (κ3) is 6.96. The monoisotopic (exact) mass is 633 g/mol. The van der Waals surface area contributed by atoms with Crippen molar-refractivity contribution in [2.75, 3.05) is 6.54 Å². The Morgan fingerprint density at radius 2 is 1.71 bits per heavy atom. The minimum absolute atomic E-state index is 0.0872. The molecular weight excluding hydrogens is 597 g/mol. The Morgan fingerprint density at radius 1 is 1.05 bits per heavy atom. The SMILES string of the molecule is CCCC(C)NC(=O)C(=O)[C@H](CC)NC(=O)[C@@H]1C[C@@H]([S+]([O-])c2ccccc2Cl)CN1C(=O)C1(c2ccc(Cl)cc2)CC1. The largest absolute Gasteiger partial charge is 0.611 e. The highest BCUT2D eigenvalue weighted by Crippen LogP contribution is 2.51. The lowest BCUT2D eigenvalue weighted by atomic mass is 9.94. The Kier molecular flexibility index (Phi) is 10.6. The number of carbonyl (C=O) groups excluding carboxylic acids is 4. The van der Waals surface area contributed by atoms with E-state index in [0.29, 0.717) is 27.8 Å². The van der Waals surface area contributed by atoms with Crippen LogP contribution in [0.5, 0.6) is 0 Å². The van der Waals surface area contributed by atoms with Crippen molar-refractivity contribution in [2.24, 2.45) is 0 Å². The predicted molar refractivity (Wildman–Crippen MR) is 164 cm³/mol. The summed E-state index contributed by atoms with van der Waals surface area (Å²) in [5.41, 5.74) is 0.0188. The van der Waals surface area contributed by atoms with E-state index in [1.807, 2.05) is 26.0 Å². The third-order valence-corrected chi connectivity index (χ3v) is 10.5. The average molecular weight is 635 g/mol. The van der Waals surface area contributed by atoms with Crippen molar-refractivity contribution < 1.29 is 23.7 Å². The van der Waals surface area contributed by atoms with Gasteiger partial charge in [-0.2, -0.15) is 0 Å². The minimum Gasteiger partial charge on any atom is -0.611 e. The second-order valence-corrected chi connectivity index (χ2v) is 13.7. The van der Waals surface area contributed by atoms with Gasteiger partial charge in [0.2, 0.25) is 17.6 Å². The van der Waals surface area contributed by atoms with Gasteiger partial charge in [0, 0.05) is 17.5 Å². The van der Waals surface area contributed by atoms with Crippen LogP contribution in [0, 0.1) is 0 Å². The fourth-order valence-electron chi connectivity index (χ4n) is 5.59. The quantitative estimate of drug-likeness (QED) is 0.262. The molecule has 42 heavy (non-hydrogen) atoms. The van der Waals surface area contributed by atoms with Crippen LogP contribution in [0.15, 0.2) is 53.4 Å². The van der Waals surface area contributed by atoms with Crippen molar-refractivity contribution in [3.05, 3.63) is 64.1 Å².